The molecule has 14 heavy (non-hydrogen) atoms. The van der Waals surface area contributed by atoms with Crippen molar-refractivity contribution in [1.82, 2.24) is 0 Å². The summed E-state index contributed by atoms with van der Waals surface area (Å²) in [6.07, 6.45) is 0. The highest BCUT2D eigenvalue weighted by molar-refractivity contribution is 9.10. The van der Waals surface area contributed by atoms with E-state index < -0.39 is 11.9 Å². The van der Waals surface area contributed by atoms with Gasteiger partial charge in [-0.2, -0.15) is 0 Å². The fourth-order valence-corrected chi connectivity index (χ4v) is 2.33. The number of benzene rings is 1. The van der Waals surface area contributed by atoms with Crippen LogP contribution in [0.5, 0.6) is 5.75 Å². The normalized spacial score (nSPS) is 18.9. The van der Waals surface area contributed by atoms with Gasteiger partial charge in [-0.1, -0.05) is 6.07 Å². The number of hydrogen-bond donors (Lipinski definition) is 1. The van der Waals surface area contributed by atoms with Gasteiger partial charge in [0.05, 0.1) is 4.47 Å². The highest BCUT2D eigenvalue weighted by Crippen LogP contribution is 2.40. The van der Waals surface area contributed by atoms with Crippen LogP contribution in [0.15, 0.2) is 16.6 Å². The minimum Gasteiger partial charge on any atom is -0.491 e. The minimum absolute atomic E-state index is 0.229. The Bertz CT molecular complexity index is 401. The number of hydrogen-bond acceptors (Lipinski definition) is 2. The molecule has 1 aromatic carbocycles. The van der Waals surface area contributed by atoms with Gasteiger partial charge in [0.25, 0.3) is 0 Å². The van der Waals surface area contributed by atoms with Gasteiger partial charge in [0.1, 0.15) is 18.3 Å². The van der Waals surface area contributed by atoms with Crippen LogP contribution in [-0.4, -0.2) is 17.7 Å². The fraction of sp³-hybridized carbons (Fsp3) is 0.300. The van der Waals surface area contributed by atoms with E-state index in [0.29, 0.717) is 5.75 Å². The van der Waals surface area contributed by atoms with Crippen LogP contribution in [0, 0.1) is 6.92 Å². The molecule has 0 saturated carbocycles. The molecule has 2 rings (SSSR count). The van der Waals surface area contributed by atoms with Crippen LogP contribution in [0.4, 0.5) is 0 Å². The molecule has 1 heterocycles. The van der Waals surface area contributed by atoms with E-state index in [1.54, 1.807) is 0 Å². The van der Waals surface area contributed by atoms with E-state index in [2.05, 4.69) is 15.9 Å². The Labute approximate surface area is 89.8 Å². The van der Waals surface area contributed by atoms with Gasteiger partial charge in [0.2, 0.25) is 0 Å². The molecule has 0 aliphatic carbocycles. The quantitative estimate of drug-likeness (QED) is 0.839. The van der Waals surface area contributed by atoms with Crippen LogP contribution in [-0.2, 0) is 4.79 Å². The second-order valence-electron chi connectivity index (χ2n) is 3.37. The summed E-state index contributed by atoms with van der Waals surface area (Å²) < 4.78 is 6.16. The van der Waals surface area contributed by atoms with Gasteiger partial charge in [-0.3, -0.25) is 4.79 Å². The summed E-state index contributed by atoms with van der Waals surface area (Å²) in [5.74, 6) is -0.689. The van der Waals surface area contributed by atoms with Crippen molar-refractivity contribution in [2.45, 2.75) is 12.8 Å². The molecule has 0 aromatic heterocycles. The third-order valence-corrected chi connectivity index (χ3v) is 2.87. The first-order valence-electron chi connectivity index (χ1n) is 4.25. The number of halogens is 1. The lowest BCUT2D eigenvalue weighted by molar-refractivity contribution is -0.138. The van der Waals surface area contributed by atoms with Crippen LogP contribution in [0.1, 0.15) is 17.0 Å². The molecule has 1 unspecified atom stereocenters. The summed E-state index contributed by atoms with van der Waals surface area (Å²) in [4.78, 5) is 10.9. The predicted octanol–water partition coefficient (Wildman–Crippen LogP) is 2.32. The zero-order valence-electron chi connectivity index (χ0n) is 7.58. The molecule has 0 spiro atoms. The van der Waals surface area contributed by atoms with Crippen LogP contribution in [0.2, 0.25) is 0 Å². The summed E-state index contributed by atoms with van der Waals surface area (Å²) in [6.45, 7) is 2.16. The average Bonchev–Trinajstić information content (AvgIpc) is 2.47. The van der Waals surface area contributed by atoms with Crippen molar-refractivity contribution in [3.05, 3.63) is 27.7 Å². The van der Waals surface area contributed by atoms with Crippen LogP contribution >= 0.6 is 15.9 Å². The number of carboxylic acid groups (broad SMARTS) is 1. The third-order valence-electron chi connectivity index (χ3n) is 2.28. The molecule has 1 aliphatic rings. The van der Waals surface area contributed by atoms with Crippen LogP contribution in [0.3, 0.4) is 0 Å². The zero-order valence-corrected chi connectivity index (χ0v) is 9.17. The van der Waals surface area contributed by atoms with Crippen molar-refractivity contribution < 1.29 is 14.6 Å². The molecule has 3 nitrogen and oxygen atoms in total. The highest BCUT2D eigenvalue weighted by Gasteiger charge is 2.31. The third kappa shape index (κ3) is 1.39. The van der Waals surface area contributed by atoms with Gasteiger partial charge in [-0.15, -0.1) is 0 Å². The molecule has 0 saturated heterocycles. The molecule has 74 valence electrons. The number of carbonyl (C=O) groups is 1. The van der Waals surface area contributed by atoms with Crippen molar-refractivity contribution in [2.24, 2.45) is 0 Å². The SMILES string of the molecule is Cc1cc(Br)c2c(c1)C(C(=O)O)CO2. The van der Waals surface area contributed by atoms with Crippen molar-refractivity contribution >= 4 is 21.9 Å². The molecule has 4 heteroatoms. The van der Waals surface area contributed by atoms with Crippen molar-refractivity contribution in [1.29, 1.82) is 0 Å². The van der Waals surface area contributed by atoms with Crippen LogP contribution in [0.25, 0.3) is 0 Å². The topological polar surface area (TPSA) is 46.5 Å². The Kier molecular flexibility index (Phi) is 2.23. The van der Waals surface area contributed by atoms with Crippen LogP contribution < -0.4 is 4.74 Å². The average molecular weight is 257 g/mol. The number of rotatable bonds is 1. The van der Waals surface area contributed by atoms with Crippen molar-refractivity contribution in [3.63, 3.8) is 0 Å². The standard InChI is InChI=1S/C10H9BrO3/c1-5-2-6-7(10(12)13)4-14-9(6)8(11)3-5/h2-3,7H,4H2,1H3,(H,12,13). The van der Waals surface area contributed by atoms with E-state index >= 15 is 0 Å². The van der Waals surface area contributed by atoms with Gasteiger partial charge in [-0.25, -0.2) is 0 Å². The molecule has 1 atom stereocenters. The fourth-order valence-electron chi connectivity index (χ4n) is 1.63. The van der Waals surface area contributed by atoms with E-state index in [4.69, 9.17) is 9.84 Å². The summed E-state index contributed by atoms with van der Waals surface area (Å²) >= 11 is 3.36. The lowest BCUT2D eigenvalue weighted by atomic mass is 10.00. The maximum atomic E-state index is 10.9. The number of carboxylic acids is 1. The molecule has 1 aromatic rings. The summed E-state index contributed by atoms with van der Waals surface area (Å²) in [5, 5.41) is 8.95. The molecular weight excluding hydrogens is 248 g/mol. The minimum atomic E-state index is -0.832. The molecule has 1 aliphatic heterocycles. The number of ether oxygens (including phenoxy) is 1. The number of fused-ring (bicyclic) bond motifs is 1. The predicted molar refractivity (Wildman–Crippen MR) is 54.8 cm³/mol. The monoisotopic (exact) mass is 256 g/mol. The highest BCUT2D eigenvalue weighted by atomic mass is 79.9. The van der Waals surface area contributed by atoms with E-state index in [1.807, 2.05) is 19.1 Å². The van der Waals surface area contributed by atoms with Gasteiger partial charge in [0.15, 0.2) is 0 Å². The van der Waals surface area contributed by atoms with E-state index in [0.717, 1.165) is 15.6 Å². The first-order chi connectivity index (χ1) is 6.59. The maximum absolute atomic E-state index is 10.9. The second-order valence-corrected chi connectivity index (χ2v) is 4.22. The zero-order chi connectivity index (χ0) is 10.3. The first-order valence-corrected chi connectivity index (χ1v) is 5.04. The lowest BCUT2D eigenvalue weighted by Crippen LogP contribution is -2.12. The molecule has 1 N–H and O–H groups in total. The molecule has 0 radical (unpaired) electrons. The van der Waals surface area contributed by atoms with E-state index in [-0.39, 0.29) is 6.61 Å². The Morgan fingerprint density at radius 1 is 1.64 bits per heavy atom. The Morgan fingerprint density at radius 3 is 3.00 bits per heavy atom. The van der Waals surface area contributed by atoms with Gasteiger partial charge < -0.3 is 9.84 Å². The van der Waals surface area contributed by atoms with Gasteiger partial charge in [-0.05, 0) is 34.5 Å². The summed E-state index contributed by atoms with van der Waals surface area (Å²) in [7, 11) is 0. The molecule has 0 amide bonds. The second kappa shape index (κ2) is 3.28. The largest absolute Gasteiger partial charge is 0.491 e. The van der Waals surface area contributed by atoms with E-state index in [9.17, 15) is 4.79 Å². The molecule has 0 bridgehead atoms. The van der Waals surface area contributed by atoms with Gasteiger partial charge >= 0.3 is 5.97 Å². The van der Waals surface area contributed by atoms with Gasteiger partial charge in [0, 0.05) is 5.56 Å². The number of aliphatic carboxylic acids is 1. The summed E-state index contributed by atoms with van der Waals surface area (Å²) in [5.41, 5.74) is 1.80. The molecule has 0 fully saturated rings. The summed E-state index contributed by atoms with van der Waals surface area (Å²) in [6, 6.07) is 3.79. The Balaban J connectivity index is 2.54. The van der Waals surface area contributed by atoms with E-state index in [1.165, 1.54) is 0 Å². The Morgan fingerprint density at radius 2 is 2.36 bits per heavy atom. The van der Waals surface area contributed by atoms with Crippen molar-refractivity contribution in [3.8, 4) is 5.75 Å². The number of aryl methyl sites for hydroxylation is 1. The van der Waals surface area contributed by atoms with Crippen molar-refractivity contribution in [2.75, 3.05) is 6.61 Å². The molecular formula is C10H9BrO3. The Hall–Kier alpha value is -1.03. The lowest BCUT2D eigenvalue weighted by Gasteiger charge is -2.04. The first kappa shape index (κ1) is 9.52. The maximum Gasteiger partial charge on any atom is 0.314 e. The smallest absolute Gasteiger partial charge is 0.314 e.